The average molecular weight is 413 g/mol. The number of piperidine rings is 1. The number of anilines is 1. The number of hydrogen-bond donors (Lipinski definition) is 0. The zero-order valence-electron chi connectivity index (χ0n) is 17.0. The van der Waals surface area contributed by atoms with Crippen LogP contribution in [0.3, 0.4) is 0 Å². The number of fused-ring (bicyclic) bond motifs is 1. The molecule has 3 aromatic rings. The van der Waals surface area contributed by atoms with Crippen LogP contribution >= 0.6 is 11.6 Å². The smallest absolute Gasteiger partial charge is 0.310 e. The predicted octanol–water partition coefficient (Wildman–Crippen LogP) is 4.45. The third-order valence-electron chi connectivity index (χ3n) is 5.37. The van der Waals surface area contributed by atoms with Crippen LogP contribution in [-0.4, -0.2) is 40.3 Å². The molecule has 0 radical (unpaired) electrons. The van der Waals surface area contributed by atoms with E-state index in [1.165, 1.54) is 0 Å². The molecule has 1 atom stereocenters. The van der Waals surface area contributed by atoms with Crippen molar-refractivity contribution in [2.24, 2.45) is 5.92 Å². The lowest BCUT2D eigenvalue weighted by molar-refractivity contribution is -0.148. The Morgan fingerprint density at radius 3 is 2.76 bits per heavy atom. The van der Waals surface area contributed by atoms with Crippen molar-refractivity contribution in [3.8, 4) is 11.1 Å². The van der Waals surface area contributed by atoms with Crippen molar-refractivity contribution in [3.05, 3.63) is 46.7 Å². The van der Waals surface area contributed by atoms with Crippen LogP contribution in [0.25, 0.3) is 16.8 Å². The van der Waals surface area contributed by atoms with Gasteiger partial charge in [0.25, 0.3) is 0 Å². The first-order valence-corrected chi connectivity index (χ1v) is 10.4. The van der Waals surface area contributed by atoms with Gasteiger partial charge < -0.3 is 9.64 Å². The Labute approximate surface area is 175 Å². The number of nitrogens with zero attached hydrogens (tertiary/aromatic N) is 4. The summed E-state index contributed by atoms with van der Waals surface area (Å²) in [6.07, 6.45) is 1.80. The highest BCUT2D eigenvalue weighted by Gasteiger charge is 2.29. The molecule has 0 saturated carbocycles. The van der Waals surface area contributed by atoms with E-state index in [1.54, 1.807) is 0 Å². The van der Waals surface area contributed by atoms with Gasteiger partial charge in [-0.05, 0) is 51.3 Å². The number of carbonyl (C=O) groups is 1. The molecule has 2 aromatic heterocycles. The SMILES string of the molecule is CCOC(=O)[C@H]1CCCN(c2cc(C)nc3c(-c4ccc(Cl)cc4)c(C)nn23)C1. The van der Waals surface area contributed by atoms with Crippen molar-refractivity contribution in [2.75, 3.05) is 24.6 Å². The van der Waals surface area contributed by atoms with Gasteiger partial charge in [-0.15, -0.1) is 0 Å². The van der Waals surface area contributed by atoms with Crippen molar-refractivity contribution in [2.45, 2.75) is 33.6 Å². The van der Waals surface area contributed by atoms with E-state index < -0.39 is 0 Å². The van der Waals surface area contributed by atoms with Crippen LogP contribution in [-0.2, 0) is 9.53 Å². The molecule has 1 fully saturated rings. The number of aromatic nitrogens is 3. The molecular formula is C22H25ClN4O2. The Hall–Kier alpha value is -2.60. The molecule has 1 aliphatic rings. The average Bonchev–Trinajstić information content (AvgIpc) is 3.04. The van der Waals surface area contributed by atoms with Crippen molar-refractivity contribution >= 4 is 29.0 Å². The van der Waals surface area contributed by atoms with Crippen molar-refractivity contribution < 1.29 is 9.53 Å². The fourth-order valence-electron chi connectivity index (χ4n) is 4.04. The van der Waals surface area contributed by atoms with Crippen LogP contribution in [0.15, 0.2) is 30.3 Å². The summed E-state index contributed by atoms with van der Waals surface area (Å²) >= 11 is 6.06. The number of hydrogen-bond acceptors (Lipinski definition) is 5. The molecule has 6 nitrogen and oxygen atoms in total. The molecule has 152 valence electrons. The molecule has 0 aliphatic carbocycles. The van der Waals surface area contributed by atoms with Crippen LogP contribution in [0.5, 0.6) is 0 Å². The zero-order valence-corrected chi connectivity index (χ0v) is 17.7. The van der Waals surface area contributed by atoms with Gasteiger partial charge in [0.1, 0.15) is 5.82 Å². The van der Waals surface area contributed by atoms with E-state index >= 15 is 0 Å². The minimum atomic E-state index is -0.113. The Balaban J connectivity index is 1.77. The normalized spacial score (nSPS) is 17.0. The van der Waals surface area contributed by atoms with Gasteiger partial charge in [-0.2, -0.15) is 9.61 Å². The van der Waals surface area contributed by atoms with E-state index in [-0.39, 0.29) is 11.9 Å². The summed E-state index contributed by atoms with van der Waals surface area (Å²) in [5.74, 6) is 0.738. The summed E-state index contributed by atoms with van der Waals surface area (Å²) in [5, 5.41) is 5.50. The fraction of sp³-hybridized carbons (Fsp3) is 0.409. The van der Waals surface area contributed by atoms with E-state index in [0.717, 1.165) is 53.4 Å². The second-order valence-corrected chi connectivity index (χ2v) is 7.93. The summed E-state index contributed by atoms with van der Waals surface area (Å²) < 4.78 is 7.16. The van der Waals surface area contributed by atoms with Gasteiger partial charge in [0.2, 0.25) is 0 Å². The summed E-state index contributed by atoms with van der Waals surface area (Å²) in [4.78, 5) is 19.3. The van der Waals surface area contributed by atoms with Gasteiger partial charge in [-0.25, -0.2) is 4.98 Å². The number of benzene rings is 1. The lowest BCUT2D eigenvalue weighted by Gasteiger charge is -2.33. The lowest BCUT2D eigenvalue weighted by atomic mass is 9.98. The van der Waals surface area contributed by atoms with E-state index in [4.69, 9.17) is 26.4 Å². The first kappa shape index (κ1) is 19.7. The van der Waals surface area contributed by atoms with E-state index in [0.29, 0.717) is 18.2 Å². The number of carbonyl (C=O) groups excluding carboxylic acids is 1. The quantitative estimate of drug-likeness (QED) is 0.592. The Bertz CT molecular complexity index is 1050. The van der Waals surface area contributed by atoms with Crippen molar-refractivity contribution in [3.63, 3.8) is 0 Å². The minimum Gasteiger partial charge on any atom is -0.466 e. The molecule has 1 aliphatic heterocycles. The van der Waals surface area contributed by atoms with Crippen LogP contribution in [0.2, 0.25) is 5.02 Å². The molecule has 1 saturated heterocycles. The molecule has 0 bridgehead atoms. The largest absolute Gasteiger partial charge is 0.466 e. The summed E-state index contributed by atoms with van der Waals surface area (Å²) in [6, 6.07) is 9.79. The zero-order chi connectivity index (χ0) is 20.5. The molecule has 0 unspecified atom stereocenters. The predicted molar refractivity (Wildman–Crippen MR) is 114 cm³/mol. The van der Waals surface area contributed by atoms with E-state index in [9.17, 15) is 4.79 Å². The third-order valence-corrected chi connectivity index (χ3v) is 5.62. The van der Waals surface area contributed by atoms with E-state index in [1.807, 2.05) is 55.6 Å². The van der Waals surface area contributed by atoms with Crippen molar-refractivity contribution in [1.82, 2.24) is 14.6 Å². The van der Waals surface area contributed by atoms with Gasteiger partial charge in [-0.3, -0.25) is 4.79 Å². The highest BCUT2D eigenvalue weighted by Crippen LogP contribution is 2.32. The lowest BCUT2D eigenvalue weighted by Crippen LogP contribution is -2.40. The molecule has 1 aromatic carbocycles. The Morgan fingerprint density at radius 1 is 1.28 bits per heavy atom. The van der Waals surface area contributed by atoms with E-state index in [2.05, 4.69) is 4.90 Å². The molecule has 29 heavy (non-hydrogen) atoms. The minimum absolute atomic E-state index is 0.111. The summed E-state index contributed by atoms with van der Waals surface area (Å²) in [5.41, 5.74) is 4.68. The Morgan fingerprint density at radius 2 is 2.03 bits per heavy atom. The monoisotopic (exact) mass is 412 g/mol. The first-order valence-electron chi connectivity index (χ1n) is 10.0. The summed E-state index contributed by atoms with van der Waals surface area (Å²) in [6.45, 7) is 7.76. The number of aryl methyl sites for hydroxylation is 2. The molecule has 0 spiro atoms. The molecule has 7 heteroatoms. The topological polar surface area (TPSA) is 59.7 Å². The highest BCUT2D eigenvalue weighted by atomic mass is 35.5. The van der Waals surface area contributed by atoms with Crippen molar-refractivity contribution in [1.29, 1.82) is 0 Å². The molecule has 0 amide bonds. The molecule has 0 N–H and O–H groups in total. The standard InChI is InChI=1S/C22H25ClN4O2/c1-4-29-22(28)17-6-5-11-26(13-17)19-12-14(2)24-21-20(15(3)25-27(19)21)16-7-9-18(23)10-8-16/h7-10,12,17H,4-6,11,13H2,1-3H3/t17-/m0/s1. The molecule has 4 rings (SSSR count). The maximum absolute atomic E-state index is 12.3. The van der Waals surface area contributed by atoms with Gasteiger partial charge in [0, 0.05) is 35.4 Å². The maximum atomic E-state index is 12.3. The van der Waals surface area contributed by atoms with Crippen LogP contribution in [0.4, 0.5) is 5.82 Å². The number of halogens is 1. The Kier molecular flexibility index (Phi) is 5.46. The third kappa shape index (κ3) is 3.81. The number of ether oxygens (including phenoxy) is 1. The number of rotatable bonds is 4. The van der Waals surface area contributed by atoms with Crippen LogP contribution in [0.1, 0.15) is 31.2 Å². The van der Waals surface area contributed by atoms with Gasteiger partial charge in [0.05, 0.1) is 18.2 Å². The molecule has 3 heterocycles. The molecular weight excluding hydrogens is 388 g/mol. The van der Waals surface area contributed by atoms with Crippen LogP contribution < -0.4 is 4.90 Å². The highest BCUT2D eigenvalue weighted by molar-refractivity contribution is 6.30. The second kappa shape index (κ2) is 8.03. The fourth-order valence-corrected chi connectivity index (χ4v) is 4.17. The van der Waals surface area contributed by atoms with Crippen LogP contribution in [0, 0.1) is 19.8 Å². The number of esters is 1. The van der Waals surface area contributed by atoms with Gasteiger partial charge >= 0.3 is 5.97 Å². The van der Waals surface area contributed by atoms with Gasteiger partial charge in [-0.1, -0.05) is 23.7 Å². The first-order chi connectivity index (χ1) is 14.0. The second-order valence-electron chi connectivity index (χ2n) is 7.50. The summed E-state index contributed by atoms with van der Waals surface area (Å²) in [7, 11) is 0. The maximum Gasteiger partial charge on any atom is 0.310 e. The van der Waals surface area contributed by atoms with Gasteiger partial charge in [0.15, 0.2) is 5.65 Å².